The summed E-state index contributed by atoms with van der Waals surface area (Å²) in [6.07, 6.45) is 2.10. The largest absolute Gasteiger partial charge is 0.325 e. The van der Waals surface area contributed by atoms with Gasteiger partial charge in [-0.15, -0.1) is 0 Å². The molecule has 1 aromatic rings. The van der Waals surface area contributed by atoms with Crippen molar-refractivity contribution in [2.24, 2.45) is 0 Å². The summed E-state index contributed by atoms with van der Waals surface area (Å²) in [5, 5.41) is 2.79. The summed E-state index contributed by atoms with van der Waals surface area (Å²) in [5.41, 5.74) is 0.495. The molecule has 0 saturated carbocycles. The number of sulfonamides is 1. The predicted molar refractivity (Wildman–Crippen MR) is 102 cm³/mol. The first-order valence-electron chi connectivity index (χ1n) is 8.86. The Balaban J connectivity index is 2.83. The van der Waals surface area contributed by atoms with E-state index in [0.29, 0.717) is 24.8 Å². The summed E-state index contributed by atoms with van der Waals surface area (Å²) >= 11 is 0. The van der Waals surface area contributed by atoms with Gasteiger partial charge >= 0.3 is 0 Å². The van der Waals surface area contributed by atoms with Gasteiger partial charge in [-0.3, -0.25) is 9.69 Å². The zero-order chi connectivity index (χ0) is 19.0. The number of carbonyl (C=O) groups excluding carboxylic acids is 1. The molecule has 0 aromatic heterocycles. The Labute approximate surface area is 152 Å². The van der Waals surface area contributed by atoms with Crippen LogP contribution in [0.5, 0.6) is 0 Å². The van der Waals surface area contributed by atoms with Crippen molar-refractivity contribution in [3.05, 3.63) is 24.3 Å². The van der Waals surface area contributed by atoms with E-state index >= 15 is 0 Å². The molecule has 142 valence electrons. The normalized spacial score (nSPS) is 13.2. The number of nitrogens with one attached hydrogen (secondary N) is 1. The number of carbonyl (C=O) groups is 1. The van der Waals surface area contributed by atoms with Crippen molar-refractivity contribution in [1.29, 1.82) is 0 Å². The van der Waals surface area contributed by atoms with E-state index in [4.69, 9.17) is 0 Å². The Hall–Kier alpha value is -1.44. The van der Waals surface area contributed by atoms with Gasteiger partial charge in [0.1, 0.15) is 0 Å². The topological polar surface area (TPSA) is 69.7 Å². The van der Waals surface area contributed by atoms with E-state index in [0.717, 1.165) is 12.8 Å². The van der Waals surface area contributed by atoms with Gasteiger partial charge in [0, 0.05) is 24.8 Å². The Morgan fingerprint density at radius 2 is 1.84 bits per heavy atom. The van der Waals surface area contributed by atoms with Gasteiger partial charge in [-0.05, 0) is 38.6 Å². The molecular weight excluding hydrogens is 338 g/mol. The second-order valence-corrected chi connectivity index (χ2v) is 8.16. The Bertz CT molecular complexity index is 657. The van der Waals surface area contributed by atoms with Crippen LogP contribution in [0.1, 0.15) is 40.5 Å². The molecule has 0 heterocycles. The summed E-state index contributed by atoms with van der Waals surface area (Å²) in [5.74, 6) is -0.150. The standard InChI is InChI=1S/C18H31N3O3S/c1-6-10-15(4)20(5)14-18(22)19-16-11-9-12-17(13-16)25(23,24)21(7-2)8-3/h9,11-13,15H,6-8,10,14H2,1-5H3,(H,19,22). The lowest BCUT2D eigenvalue weighted by molar-refractivity contribution is -0.117. The first kappa shape index (κ1) is 21.6. The second-order valence-electron chi connectivity index (χ2n) is 6.22. The van der Waals surface area contributed by atoms with Crippen LogP contribution in [-0.2, 0) is 14.8 Å². The highest BCUT2D eigenvalue weighted by atomic mass is 32.2. The minimum atomic E-state index is -3.53. The molecule has 0 aliphatic carbocycles. The van der Waals surface area contributed by atoms with E-state index in [1.165, 1.54) is 10.4 Å². The Kier molecular flexibility index (Phi) is 8.55. The van der Waals surface area contributed by atoms with Crippen LogP contribution in [0.4, 0.5) is 5.69 Å². The molecular formula is C18H31N3O3S. The van der Waals surface area contributed by atoms with Gasteiger partial charge in [-0.25, -0.2) is 8.42 Å². The lowest BCUT2D eigenvalue weighted by Gasteiger charge is -2.23. The first-order valence-corrected chi connectivity index (χ1v) is 10.3. The van der Waals surface area contributed by atoms with Crippen LogP contribution in [0, 0.1) is 0 Å². The molecule has 1 rings (SSSR count). The average Bonchev–Trinajstić information content (AvgIpc) is 2.56. The number of hydrogen-bond acceptors (Lipinski definition) is 4. The molecule has 6 nitrogen and oxygen atoms in total. The van der Waals surface area contributed by atoms with E-state index in [1.54, 1.807) is 32.0 Å². The van der Waals surface area contributed by atoms with Crippen LogP contribution in [0.15, 0.2) is 29.2 Å². The number of anilines is 1. The maximum Gasteiger partial charge on any atom is 0.243 e. The quantitative estimate of drug-likeness (QED) is 0.688. The van der Waals surface area contributed by atoms with E-state index in [1.807, 2.05) is 11.9 Å². The third-order valence-electron chi connectivity index (χ3n) is 4.31. The molecule has 1 atom stereocenters. The lowest BCUT2D eigenvalue weighted by Crippen LogP contribution is -2.36. The SMILES string of the molecule is CCCC(C)N(C)CC(=O)Nc1cccc(S(=O)(=O)N(CC)CC)c1. The highest BCUT2D eigenvalue weighted by Crippen LogP contribution is 2.19. The molecule has 0 bridgehead atoms. The number of rotatable bonds is 10. The van der Waals surface area contributed by atoms with Crippen molar-refractivity contribution in [3.63, 3.8) is 0 Å². The van der Waals surface area contributed by atoms with E-state index in [-0.39, 0.29) is 17.3 Å². The summed E-state index contributed by atoms with van der Waals surface area (Å²) < 4.78 is 26.5. The van der Waals surface area contributed by atoms with Gasteiger partial charge in [0.15, 0.2) is 0 Å². The maximum absolute atomic E-state index is 12.6. The van der Waals surface area contributed by atoms with Crippen LogP contribution in [0.2, 0.25) is 0 Å². The average molecular weight is 370 g/mol. The van der Waals surface area contributed by atoms with Crippen molar-refractivity contribution in [3.8, 4) is 0 Å². The third-order valence-corrected chi connectivity index (χ3v) is 6.36. The van der Waals surface area contributed by atoms with Crippen molar-refractivity contribution in [1.82, 2.24) is 9.21 Å². The predicted octanol–water partition coefficient (Wildman–Crippen LogP) is 2.78. The number of amides is 1. The van der Waals surface area contributed by atoms with Gasteiger partial charge in [0.05, 0.1) is 11.4 Å². The van der Waals surface area contributed by atoms with E-state index < -0.39 is 10.0 Å². The summed E-state index contributed by atoms with van der Waals surface area (Å²) in [4.78, 5) is 14.4. The molecule has 1 N–H and O–H groups in total. The zero-order valence-electron chi connectivity index (χ0n) is 15.9. The second kappa shape index (κ2) is 9.89. The monoisotopic (exact) mass is 369 g/mol. The van der Waals surface area contributed by atoms with Crippen LogP contribution in [0.25, 0.3) is 0 Å². The molecule has 1 unspecified atom stereocenters. The van der Waals surface area contributed by atoms with Crippen molar-refractivity contribution >= 4 is 21.6 Å². The molecule has 0 fully saturated rings. The number of hydrogen-bond donors (Lipinski definition) is 1. The third kappa shape index (κ3) is 6.09. The zero-order valence-corrected chi connectivity index (χ0v) is 16.8. The number of likely N-dealkylation sites (N-methyl/N-ethyl adjacent to an activating group) is 1. The molecule has 7 heteroatoms. The van der Waals surface area contributed by atoms with Gasteiger partial charge in [-0.1, -0.05) is 33.3 Å². The van der Waals surface area contributed by atoms with E-state index in [9.17, 15) is 13.2 Å². The smallest absolute Gasteiger partial charge is 0.243 e. The molecule has 1 amide bonds. The Morgan fingerprint density at radius 1 is 1.20 bits per heavy atom. The minimum Gasteiger partial charge on any atom is -0.325 e. The lowest BCUT2D eigenvalue weighted by atomic mass is 10.2. The maximum atomic E-state index is 12.6. The number of benzene rings is 1. The van der Waals surface area contributed by atoms with Crippen molar-refractivity contribution in [2.75, 3.05) is 32.0 Å². The highest BCUT2D eigenvalue weighted by molar-refractivity contribution is 7.89. The molecule has 0 aliphatic heterocycles. The van der Waals surface area contributed by atoms with Gasteiger partial charge in [0.2, 0.25) is 15.9 Å². The van der Waals surface area contributed by atoms with Crippen molar-refractivity contribution in [2.45, 2.75) is 51.5 Å². The minimum absolute atomic E-state index is 0.150. The molecule has 25 heavy (non-hydrogen) atoms. The molecule has 0 radical (unpaired) electrons. The fourth-order valence-corrected chi connectivity index (χ4v) is 4.17. The van der Waals surface area contributed by atoms with Gasteiger partial charge in [0.25, 0.3) is 0 Å². The number of nitrogens with zero attached hydrogens (tertiary/aromatic N) is 2. The van der Waals surface area contributed by atoms with Crippen LogP contribution in [-0.4, -0.2) is 56.3 Å². The van der Waals surface area contributed by atoms with Gasteiger partial charge < -0.3 is 5.32 Å². The molecule has 1 aromatic carbocycles. The summed E-state index contributed by atoms with van der Waals surface area (Å²) in [7, 11) is -1.61. The van der Waals surface area contributed by atoms with Crippen LogP contribution in [0.3, 0.4) is 0 Å². The van der Waals surface area contributed by atoms with Crippen LogP contribution < -0.4 is 5.32 Å². The van der Waals surface area contributed by atoms with Crippen molar-refractivity contribution < 1.29 is 13.2 Å². The summed E-state index contributed by atoms with van der Waals surface area (Å²) in [6, 6.07) is 6.74. The van der Waals surface area contributed by atoms with E-state index in [2.05, 4.69) is 19.2 Å². The first-order chi connectivity index (χ1) is 11.8. The molecule has 0 aliphatic rings. The highest BCUT2D eigenvalue weighted by Gasteiger charge is 2.22. The Morgan fingerprint density at radius 3 is 2.40 bits per heavy atom. The van der Waals surface area contributed by atoms with Gasteiger partial charge in [-0.2, -0.15) is 4.31 Å². The molecule has 0 saturated heterocycles. The fraction of sp³-hybridized carbons (Fsp3) is 0.611. The fourth-order valence-electron chi connectivity index (χ4n) is 2.67. The van der Waals surface area contributed by atoms with Crippen LogP contribution >= 0.6 is 0 Å². The summed E-state index contributed by atoms with van der Waals surface area (Å²) in [6.45, 7) is 8.92. The molecule has 0 spiro atoms.